The maximum Gasteiger partial charge on any atom is 0.240 e. The Morgan fingerprint density at radius 2 is 2.26 bits per heavy atom. The Kier molecular flexibility index (Phi) is 4.97. The van der Waals surface area contributed by atoms with Crippen molar-refractivity contribution < 1.29 is 4.79 Å². The van der Waals surface area contributed by atoms with E-state index < -0.39 is 0 Å². The van der Waals surface area contributed by atoms with Crippen LogP contribution in [-0.4, -0.2) is 35.5 Å². The van der Waals surface area contributed by atoms with Crippen molar-refractivity contribution in [1.82, 2.24) is 10.2 Å². The van der Waals surface area contributed by atoms with Crippen molar-refractivity contribution in [3.8, 4) is 6.07 Å². The Morgan fingerprint density at radius 3 is 3.04 bits per heavy atom. The first-order chi connectivity index (χ1) is 11.2. The van der Waals surface area contributed by atoms with Gasteiger partial charge in [-0.3, -0.25) is 4.79 Å². The predicted octanol–water partition coefficient (Wildman–Crippen LogP) is 2.56. The molecule has 2 aliphatic rings. The summed E-state index contributed by atoms with van der Waals surface area (Å²) < 4.78 is 0. The monoisotopic (exact) mass is 311 g/mol. The molecule has 122 valence electrons. The topological polar surface area (TPSA) is 56.1 Å². The van der Waals surface area contributed by atoms with Gasteiger partial charge in [0, 0.05) is 12.6 Å². The van der Waals surface area contributed by atoms with Crippen molar-refractivity contribution in [3.05, 3.63) is 35.4 Å². The molecule has 4 nitrogen and oxygen atoms in total. The van der Waals surface area contributed by atoms with Crippen molar-refractivity contribution in [1.29, 1.82) is 5.26 Å². The molecule has 4 heteroatoms. The molecule has 1 unspecified atom stereocenters. The zero-order valence-corrected chi connectivity index (χ0v) is 13.8. The summed E-state index contributed by atoms with van der Waals surface area (Å²) in [6.45, 7) is 2.86. The van der Waals surface area contributed by atoms with Gasteiger partial charge in [0.05, 0.1) is 12.1 Å². The molecule has 3 rings (SSSR count). The van der Waals surface area contributed by atoms with Crippen LogP contribution in [0, 0.1) is 18.3 Å². The van der Waals surface area contributed by atoms with Gasteiger partial charge in [-0.1, -0.05) is 29.8 Å². The number of carbonyl (C=O) groups excluding carboxylic acids is 1. The summed E-state index contributed by atoms with van der Waals surface area (Å²) in [5, 5.41) is 12.6. The van der Waals surface area contributed by atoms with Crippen molar-refractivity contribution in [2.24, 2.45) is 0 Å². The number of likely N-dealkylation sites (tertiary alicyclic amines) is 1. The zero-order valence-electron chi connectivity index (χ0n) is 13.8. The summed E-state index contributed by atoms with van der Waals surface area (Å²) in [5.74, 6) is 0.132. The second kappa shape index (κ2) is 7.14. The van der Waals surface area contributed by atoms with Crippen LogP contribution in [0.25, 0.3) is 0 Å². The lowest BCUT2D eigenvalue weighted by Gasteiger charge is -2.24. The van der Waals surface area contributed by atoms with E-state index in [2.05, 4.69) is 42.6 Å². The fraction of sp³-hybridized carbons (Fsp3) is 0.579. The maximum atomic E-state index is 12.6. The Labute approximate surface area is 138 Å². The molecule has 0 spiro atoms. The second-order valence-corrected chi connectivity index (χ2v) is 6.84. The Morgan fingerprint density at radius 1 is 1.39 bits per heavy atom. The quantitative estimate of drug-likeness (QED) is 0.930. The molecular formula is C19H25N3O. The molecule has 2 heterocycles. The Bertz CT molecular complexity index is 607. The largest absolute Gasteiger partial charge is 0.325 e. The van der Waals surface area contributed by atoms with E-state index in [1.807, 2.05) is 0 Å². The van der Waals surface area contributed by atoms with E-state index >= 15 is 0 Å². The van der Waals surface area contributed by atoms with Crippen LogP contribution < -0.4 is 5.32 Å². The van der Waals surface area contributed by atoms with Gasteiger partial charge in [0.2, 0.25) is 5.91 Å². The summed E-state index contributed by atoms with van der Waals surface area (Å²) in [7, 11) is 0. The van der Waals surface area contributed by atoms with Crippen LogP contribution in [0.5, 0.6) is 0 Å². The minimum absolute atomic E-state index is 0.0912. The van der Waals surface area contributed by atoms with Gasteiger partial charge in [0.1, 0.15) is 6.04 Å². The molecule has 1 aromatic carbocycles. The van der Waals surface area contributed by atoms with E-state index in [4.69, 9.17) is 5.26 Å². The summed E-state index contributed by atoms with van der Waals surface area (Å²) in [5.41, 5.74) is 2.66. The van der Waals surface area contributed by atoms with E-state index in [-0.39, 0.29) is 18.0 Å². The first kappa shape index (κ1) is 16.0. The van der Waals surface area contributed by atoms with Crippen molar-refractivity contribution in [3.63, 3.8) is 0 Å². The highest BCUT2D eigenvalue weighted by Crippen LogP contribution is 2.23. The number of nitriles is 1. The molecular weight excluding hydrogens is 286 g/mol. The molecule has 0 aromatic heterocycles. The molecule has 2 saturated heterocycles. The number of rotatable bonds is 4. The van der Waals surface area contributed by atoms with Gasteiger partial charge in [-0.25, -0.2) is 0 Å². The van der Waals surface area contributed by atoms with Crippen LogP contribution in [0.3, 0.4) is 0 Å². The molecule has 1 aromatic rings. The molecule has 0 saturated carbocycles. The third-order valence-corrected chi connectivity index (χ3v) is 5.09. The van der Waals surface area contributed by atoms with Crippen LogP contribution >= 0.6 is 0 Å². The number of benzene rings is 1. The van der Waals surface area contributed by atoms with Crippen molar-refractivity contribution in [2.45, 2.75) is 63.6 Å². The van der Waals surface area contributed by atoms with Gasteiger partial charge in [-0.15, -0.1) is 0 Å². The first-order valence-electron chi connectivity index (χ1n) is 8.69. The smallest absolute Gasteiger partial charge is 0.240 e. The molecule has 3 atom stereocenters. The van der Waals surface area contributed by atoms with Crippen LogP contribution in [-0.2, 0) is 11.2 Å². The lowest BCUT2D eigenvalue weighted by Crippen LogP contribution is -2.46. The normalized spacial score (nSPS) is 27.1. The van der Waals surface area contributed by atoms with E-state index in [1.165, 1.54) is 11.1 Å². The number of nitrogens with zero attached hydrogens (tertiary/aromatic N) is 2. The van der Waals surface area contributed by atoms with Gasteiger partial charge in [-0.2, -0.15) is 5.26 Å². The standard InChI is InChI=1S/C19H25N3O/c1-14-4-2-5-15(12-14)7-8-16-9-10-18(21-16)19(23)22-11-3-6-17(22)13-20/h2,4-5,12,16-18,21H,3,6-11H2,1H3/t16?,17-,18-/m0/s1. The molecule has 2 fully saturated rings. The van der Waals surface area contributed by atoms with Gasteiger partial charge < -0.3 is 10.2 Å². The molecule has 1 N–H and O–H groups in total. The minimum atomic E-state index is -0.212. The minimum Gasteiger partial charge on any atom is -0.325 e. The zero-order chi connectivity index (χ0) is 16.2. The summed E-state index contributed by atoms with van der Waals surface area (Å²) in [6.07, 6.45) is 5.83. The number of hydrogen-bond donors (Lipinski definition) is 1. The maximum absolute atomic E-state index is 12.6. The third-order valence-electron chi connectivity index (χ3n) is 5.09. The van der Waals surface area contributed by atoms with E-state index in [9.17, 15) is 4.79 Å². The van der Waals surface area contributed by atoms with E-state index in [1.54, 1.807) is 4.90 Å². The SMILES string of the molecule is Cc1cccc(CCC2CC[C@@H](C(=O)N3CCC[C@H]3C#N)N2)c1. The number of carbonyl (C=O) groups is 1. The summed E-state index contributed by atoms with van der Waals surface area (Å²) in [4.78, 5) is 14.4. The summed E-state index contributed by atoms with van der Waals surface area (Å²) >= 11 is 0. The lowest BCUT2D eigenvalue weighted by molar-refractivity contribution is -0.133. The summed E-state index contributed by atoms with van der Waals surface area (Å²) in [6, 6.07) is 11.0. The van der Waals surface area contributed by atoms with Crippen LogP contribution in [0.1, 0.15) is 43.2 Å². The molecule has 1 amide bonds. The highest BCUT2D eigenvalue weighted by Gasteiger charge is 2.36. The average molecular weight is 311 g/mol. The van der Waals surface area contributed by atoms with Gasteiger partial charge in [-0.05, 0) is 51.0 Å². The van der Waals surface area contributed by atoms with Gasteiger partial charge in [0.25, 0.3) is 0 Å². The van der Waals surface area contributed by atoms with Gasteiger partial charge >= 0.3 is 0 Å². The fourth-order valence-corrected chi connectivity index (χ4v) is 3.81. The van der Waals surface area contributed by atoms with E-state index in [0.717, 1.165) is 45.1 Å². The molecule has 0 radical (unpaired) electrons. The van der Waals surface area contributed by atoms with Crippen LogP contribution in [0.2, 0.25) is 0 Å². The van der Waals surface area contributed by atoms with Crippen molar-refractivity contribution >= 4 is 5.91 Å². The lowest BCUT2D eigenvalue weighted by atomic mass is 10.0. The second-order valence-electron chi connectivity index (χ2n) is 6.84. The number of hydrogen-bond acceptors (Lipinski definition) is 3. The fourth-order valence-electron chi connectivity index (χ4n) is 3.81. The molecule has 2 aliphatic heterocycles. The molecule has 0 aliphatic carbocycles. The predicted molar refractivity (Wildman–Crippen MR) is 89.8 cm³/mol. The van der Waals surface area contributed by atoms with E-state index in [0.29, 0.717) is 6.04 Å². The van der Waals surface area contributed by atoms with Gasteiger partial charge in [0.15, 0.2) is 0 Å². The highest BCUT2D eigenvalue weighted by atomic mass is 16.2. The number of nitrogens with one attached hydrogen (secondary N) is 1. The van der Waals surface area contributed by atoms with Crippen LogP contribution in [0.15, 0.2) is 24.3 Å². The number of aryl methyl sites for hydroxylation is 2. The Balaban J connectivity index is 1.50. The third kappa shape index (κ3) is 3.73. The Hall–Kier alpha value is -1.86. The number of amides is 1. The average Bonchev–Trinajstić information content (AvgIpc) is 3.21. The highest BCUT2D eigenvalue weighted by molar-refractivity contribution is 5.83. The van der Waals surface area contributed by atoms with Crippen molar-refractivity contribution in [2.75, 3.05) is 6.54 Å². The van der Waals surface area contributed by atoms with Crippen LogP contribution in [0.4, 0.5) is 0 Å². The molecule has 23 heavy (non-hydrogen) atoms. The molecule has 0 bridgehead atoms. The first-order valence-corrected chi connectivity index (χ1v) is 8.69.